The Balaban J connectivity index is 1.96. The second-order valence-electron chi connectivity index (χ2n) is 5.12. The van der Waals surface area contributed by atoms with Gasteiger partial charge in [0.15, 0.2) is 0 Å². The highest BCUT2D eigenvalue weighted by Gasteiger charge is 2.12. The summed E-state index contributed by atoms with van der Waals surface area (Å²) in [5, 5.41) is 2.55. The van der Waals surface area contributed by atoms with Crippen molar-refractivity contribution in [2.45, 2.75) is 12.5 Å². The first-order chi connectivity index (χ1) is 10.3. The van der Waals surface area contributed by atoms with Crippen molar-refractivity contribution in [2.24, 2.45) is 5.84 Å². The number of rotatable bonds is 4. The van der Waals surface area contributed by atoms with Gasteiger partial charge in [0, 0.05) is 4.47 Å². The summed E-state index contributed by atoms with van der Waals surface area (Å²) in [5.41, 5.74) is 5.42. The van der Waals surface area contributed by atoms with Crippen LogP contribution in [0.5, 0.6) is 0 Å². The quantitative estimate of drug-likeness (QED) is 0.547. The molecule has 0 aromatic heterocycles. The first-order valence-corrected chi connectivity index (χ1v) is 7.75. The van der Waals surface area contributed by atoms with Crippen LogP contribution in [0.4, 0.5) is 0 Å². The van der Waals surface area contributed by atoms with Crippen molar-refractivity contribution < 1.29 is 0 Å². The van der Waals surface area contributed by atoms with Crippen molar-refractivity contribution in [3.05, 3.63) is 82.3 Å². The number of nitrogens with two attached hydrogens (primary N) is 1. The third-order valence-corrected chi connectivity index (χ3v) is 4.25. The van der Waals surface area contributed by atoms with Gasteiger partial charge in [0.05, 0.1) is 6.04 Å². The summed E-state index contributed by atoms with van der Waals surface area (Å²) in [7, 11) is 0. The fourth-order valence-corrected chi connectivity index (χ4v) is 3.10. The molecule has 0 saturated carbocycles. The topological polar surface area (TPSA) is 38.0 Å². The normalized spacial score (nSPS) is 12.5. The molecule has 1 atom stereocenters. The second-order valence-corrected chi connectivity index (χ2v) is 6.03. The molecule has 0 amide bonds. The van der Waals surface area contributed by atoms with E-state index in [1.807, 2.05) is 12.1 Å². The van der Waals surface area contributed by atoms with Gasteiger partial charge in [0.25, 0.3) is 0 Å². The van der Waals surface area contributed by atoms with Crippen LogP contribution in [0.3, 0.4) is 0 Å². The number of benzene rings is 3. The lowest BCUT2D eigenvalue weighted by molar-refractivity contribution is 0.553. The van der Waals surface area contributed by atoms with E-state index in [1.54, 1.807) is 0 Å². The van der Waals surface area contributed by atoms with Crippen molar-refractivity contribution >= 4 is 26.7 Å². The first-order valence-electron chi connectivity index (χ1n) is 6.96. The molecular weight excluding hydrogens is 324 g/mol. The average Bonchev–Trinajstić information content (AvgIpc) is 2.52. The van der Waals surface area contributed by atoms with Gasteiger partial charge in [0.2, 0.25) is 0 Å². The highest BCUT2D eigenvalue weighted by molar-refractivity contribution is 9.10. The summed E-state index contributed by atoms with van der Waals surface area (Å²) in [6.45, 7) is 0. The van der Waals surface area contributed by atoms with Gasteiger partial charge >= 0.3 is 0 Å². The van der Waals surface area contributed by atoms with E-state index in [4.69, 9.17) is 5.84 Å². The number of nitrogens with one attached hydrogen (secondary N) is 1. The SMILES string of the molecule is NNC(Cc1cccc2ccccc12)c1cccc(Br)c1. The molecule has 21 heavy (non-hydrogen) atoms. The number of hydrogen-bond acceptors (Lipinski definition) is 2. The lowest BCUT2D eigenvalue weighted by atomic mass is 9.95. The van der Waals surface area contributed by atoms with Crippen LogP contribution in [0.2, 0.25) is 0 Å². The molecule has 0 bridgehead atoms. The largest absolute Gasteiger partial charge is 0.271 e. The van der Waals surface area contributed by atoms with Crippen LogP contribution in [-0.2, 0) is 6.42 Å². The zero-order valence-corrected chi connectivity index (χ0v) is 13.2. The van der Waals surface area contributed by atoms with E-state index >= 15 is 0 Å². The number of fused-ring (bicyclic) bond motifs is 1. The second kappa shape index (κ2) is 6.39. The molecule has 3 rings (SSSR count). The van der Waals surface area contributed by atoms with Gasteiger partial charge < -0.3 is 0 Å². The van der Waals surface area contributed by atoms with Gasteiger partial charge in [0.1, 0.15) is 0 Å². The van der Waals surface area contributed by atoms with Crippen LogP contribution >= 0.6 is 15.9 Å². The minimum atomic E-state index is 0.0910. The molecule has 3 aromatic carbocycles. The molecule has 0 aliphatic heterocycles. The van der Waals surface area contributed by atoms with Crippen LogP contribution in [0.15, 0.2) is 71.2 Å². The lowest BCUT2D eigenvalue weighted by Gasteiger charge is -2.18. The van der Waals surface area contributed by atoms with Crippen LogP contribution in [-0.4, -0.2) is 0 Å². The van der Waals surface area contributed by atoms with Crippen molar-refractivity contribution in [3.63, 3.8) is 0 Å². The van der Waals surface area contributed by atoms with Crippen LogP contribution in [0.1, 0.15) is 17.2 Å². The minimum absolute atomic E-state index is 0.0910. The maximum absolute atomic E-state index is 5.78. The van der Waals surface area contributed by atoms with Gasteiger partial charge in [-0.25, -0.2) is 0 Å². The van der Waals surface area contributed by atoms with Crippen molar-refractivity contribution in [2.75, 3.05) is 0 Å². The van der Waals surface area contributed by atoms with E-state index in [-0.39, 0.29) is 6.04 Å². The van der Waals surface area contributed by atoms with E-state index in [0.29, 0.717) is 0 Å². The summed E-state index contributed by atoms with van der Waals surface area (Å²) in [6, 6.07) is 23.2. The van der Waals surface area contributed by atoms with Crippen molar-refractivity contribution in [1.82, 2.24) is 5.43 Å². The van der Waals surface area contributed by atoms with E-state index in [0.717, 1.165) is 10.9 Å². The third-order valence-electron chi connectivity index (χ3n) is 3.76. The monoisotopic (exact) mass is 340 g/mol. The minimum Gasteiger partial charge on any atom is -0.271 e. The third kappa shape index (κ3) is 3.16. The Hall–Kier alpha value is -1.68. The van der Waals surface area contributed by atoms with Crippen molar-refractivity contribution in [3.8, 4) is 0 Å². The van der Waals surface area contributed by atoms with Crippen LogP contribution in [0, 0.1) is 0 Å². The highest BCUT2D eigenvalue weighted by Crippen LogP contribution is 2.25. The molecule has 0 aliphatic rings. The van der Waals surface area contributed by atoms with E-state index in [1.165, 1.54) is 21.9 Å². The Labute approximate surface area is 133 Å². The van der Waals surface area contributed by atoms with Gasteiger partial charge in [-0.3, -0.25) is 11.3 Å². The van der Waals surface area contributed by atoms with E-state index in [2.05, 4.69) is 76.0 Å². The number of halogens is 1. The molecule has 3 heteroatoms. The molecular formula is C18H17BrN2. The Morgan fingerprint density at radius 2 is 1.71 bits per heavy atom. The number of hydrazine groups is 1. The van der Waals surface area contributed by atoms with Crippen LogP contribution in [0.25, 0.3) is 10.8 Å². The van der Waals surface area contributed by atoms with Crippen LogP contribution < -0.4 is 11.3 Å². The lowest BCUT2D eigenvalue weighted by Crippen LogP contribution is -2.29. The molecule has 0 radical (unpaired) electrons. The molecule has 3 aromatic rings. The predicted octanol–water partition coefficient (Wildman–Crippen LogP) is 4.35. The van der Waals surface area contributed by atoms with Gasteiger partial charge in [-0.1, -0.05) is 70.5 Å². The van der Waals surface area contributed by atoms with E-state index < -0.39 is 0 Å². The molecule has 2 nitrogen and oxygen atoms in total. The molecule has 0 heterocycles. The fourth-order valence-electron chi connectivity index (χ4n) is 2.69. The van der Waals surface area contributed by atoms with Gasteiger partial charge in [-0.15, -0.1) is 0 Å². The summed E-state index contributed by atoms with van der Waals surface area (Å²) >= 11 is 3.52. The predicted molar refractivity (Wildman–Crippen MR) is 91.9 cm³/mol. The van der Waals surface area contributed by atoms with Gasteiger partial charge in [-0.2, -0.15) is 0 Å². The molecule has 0 aliphatic carbocycles. The Bertz CT molecular complexity index is 750. The highest BCUT2D eigenvalue weighted by atomic mass is 79.9. The zero-order valence-electron chi connectivity index (χ0n) is 11.6. The smallest absolute Gasteiger partial charge is 0.0500 e. The van der Waals surface area contributed by atoms with Gasteiger partial charge in [-0.05, 0) is 40.5 Å². The maximum atomic E-state index is 5.78. The molecule has 3 N–H and O–H groups in total. The molecule has 0 spiro atoms. The number of hydrogen-bond donors (Lipinski definition) is 2. The summed E-state index contributed by atoms with van der Waals surface area (Å²) in [6.07, 6.45) is 0.855. The molecule has 106 valence electrons. The summed E-state index contributed by atoms with van der Waals surface area (Å²) < 4.78 is 1.07. The zero-order chi connectivity index (χ0) is 14.7. The van der Waals surface area contributed by atoms with Crippen molar-refractivity contribution in [1.29, 1.82) is 0 Å². The molecule has 0 fully saturated rings. The fraction of sp³-hybridized carbons (Fsp3) is 0.111. The Morgan fingerprint density at radius 3 is 2.52 bits per heavy atom. The summed E-state index contributed by atoms with van der Waals surface area (Å²) in [4.78, 5) is 0. The van der Waals surface area contributed by atoms with E-state index in [9.17, 15) is 0 Å². The molecule has 0 saturated heterocycles. The average molecular weight is 341 g/mol. The Morgan fingerprint density at radius 1 is 0.952 bits per heavy atom. The standard InChI is InChI=1S/C18H17BrN2/c19-16-9-4-8-15(11-16)18(21-20)12-14-7-3-6-13-5-1-2-10-17(13)14/h1-11,18,21H,12,20H2. The maximum Gasteiger partial charge on any atom is 0.0500 e. The summed E-state index contributed by atoms with van der Waals surface area (Å²) in [5.74, 6) is 5.78. The molecule has 1 unspecified atom stereocenters. The first kappa shape index (κ1) is 14.3. The Kier molecular flexibility index (Phi) is 4.34.